The van der Waals surface area contributed by atoms with Crippen LogP contribution in [0.4, 0.5) is 0 Å². The van der Waals surface area contributed by atoms with Crippen LogP contribution in [-0.2, 0) is 10.3 Å². The van der Waals surface area contributed by atoms with Gasteiger partial charge in [0.05, 0.1) is 0 Å². The van der Waals surface area contributed by atoms with Crippen LogP contribution >= 0.6 is 12.2 Å². The van der Waals surface area contributed by atoms with Gasteiger partial charge in [0, 0.05) is 6.54 Å². The maximum atomic E-state index is 13.2. The zero-order valence-electron chi connectivity index (χ0n) is 13.9. The van der Waals surface area contributed by atoms with Crippen molar-refractivity contribution in [3.05, 3.63) is 72.3 Å². The molecule has 2 aliphatic rings. The molecule has 0 radical (unpaired) electrons. The molecule has 26 heavy (non-hydrogen) atoms. The zero-order valence-corrected chi connectivity index (χ0v) is 14.7. The summed E-state index contributed by atoms with van der Waals surface area (Å²) in [4.78, 5) is 17.3. The summed E-state index contributed by atoms with van der Waals surface area (Å²) in [6, 6.07) is 15.8. The molecular formula is C19H17N5OS. The maximum absolute atomic E-state index is 13.2. The highest BCUT2D eigenvalue weighted by molar-refractivity contribution is 7.80. The number of hydrogen-bond donors (Lipinski definition) is 4. The van der Waals surface area contributed by atoms with Gasteiger partial charge in [-0.25, -0.2) is 5.43 Å². The van der Waals surface area contributed by atoms with Crippen LogP contribution in [0.2, 0.25) is 0 Å². The number of thiocarbonyl (C=S) groups is 1. The molecule has 2 aromatic rings. The molecule has 0 unspecified atom stereocenters. The summed E-state index contributed by atoms with van der Waals surface area (Å²) >= 11 is 5.13. The molecule has 2 aromatic carbocycles. The lowest BCUT2D eigenvalue weighted by atomic mass is 9.86. The topological polar surface area (TPSA) is 77.6 Å². The van der Waals surface area contributed by atoms with Crippen LogP contribution in [0.5, 0.6) is 0 Å². The van der Waals surface area contributed by atoms with E-state index in [1.54, 1.807) is 6.08 Å². The quantitative estimate of drug-likeness (QED) is 0.481. The third kappa shape index (κ3) is 2.40. The Morgan fingerprint density at radius 3 is 2.35 bits per heavy atom. The summed E-state index contributed by atoms with van der Waals surface area (Å²) in [5, 5.41) is 5.98. The number of fused-ring (bicyclic) bond motifs is 5. The van der Waals surface area contributed by atoms with Gasteiger partial charge >= 0.3 is 0 Å². The van der Waals surface area contributed by atoms with Gasteiger partial charge in [-0.3, -0.25) is 15.5 Å². The Balaban J connectivity index is 1.71. The average Bonchev–Trinajstić information content (AvgIpc) is 2.95. The highest BCUT2D eigenvalue weighted by Crippen LogP contribution is 2.47. The number of guanidine groups is 1. The number of carbonyl (C=O) groups excluding carboxylic acids is 1. The van der Waals surface area contributed by atoms with E-state index in [0.29, 0.717) is 6.54 Å². The third-order valence-electron chi connectivity index (χ3n) is 4.50. The molecule has 1 heterocycles. The molecule has 1 spiro atoms. The number of hydrazine groups is 1. The first-order valence-corrected chi connectivity index (χ1v) is 8.59. The number of aliphatic imine (C=N–C) groups is 1. The Hall–Kier alpha value is -3.03. The number of carbonyl (C=O) groups is 1. The molecule has 1 aliphatic heterocycles. The Morgan fingerprint density at radius 1 is 1.15 bits per heavy atom. The summed E-state index contributed by atoms with van der Waals surface area (Å²) in [5.41, 5.74) is 9.02. The lowest BCUT2D eigenvalue weighted by Crippen LogP contribution is -2.69. The van der Waals surface area contributed by atoms with Gasteiger partial charge in [-0.05, 0) is 34.5 Å². The van der Waals surface area contributed by atoms with Crippen LogP contribution in [0.15, 0.2) is 66.2 Å². The van der Waals surface area contributed by atoms with E-state index in [9.17, 15) is 4.79 Å². The molecule has 1 saturated heterocycles. The zero-order chi connectivity index (χ0) is 18.1. The van der Waals surface area contributed by atoms with Crippen LogP contribution in [0, 0.1) is 0 Å². The first-order valence-electron chi connectivity index (χ1n) is 8.18. The standard InChI is InChI=1S/C19H17N5OS/c1-2-11-20-18(26)22-17-21-16(25)19(24-23-17)14-9-5-3-7-12(14)13-8-4-6-10-15(13)19/h2-10,24H,1,11H2,(H3,20,21,22,23,25,26). The van der Waals surface area contributed by atoms with E-state index in [1.165, 1.54) is 0 Å². The van der Waals surface area contributed by atoms with Gasteiger partial charge in [0.1, 0.15) is 0 Å². The SMILES string of the molecule is C=CCNC(=S)/N=C1/NNC2(C(=O)N1)c1ccccc1-c1ccccc12. The van der Waals surface area contributed by atoms with Crippen molar-refractivity contribution in [2.24, 2.45) is 4.99 Å². The molecule has 7 heteroatoms. The summed E-state index contributed by atoms with van der Waals surface area (Å²) in [6.45, 7) is 4.12. The molecule has 0 bridgehead atoms. The van der Waals surface area contributed by atoms with E-state index in [2.05, 4.69) is 33.1 Å². The van der Waals surface area contributed by atoms with Gasteiger partial charge in [0.15, 0.2) is 10.7 Å². The normalized spacial score (nSPS) is 17.8. The predicted molar refractivity (Wildman–Crippen MR) is 105 cm³/mol. The van der Waals surface area contributed by atoms with Crippen molar-refractivity contribution < 1.29 is 4.79 Å². The van der Waals surface area contributed by atoms with Crippen LogP contribution < -0.4 is 21.5 Å². The summed E-state index contributed by atoms with van der Waals surface area (Å²) < 4.78 is 0. The molecule has 4 rings (SSSR count). The Morgan fingerprint density at radius 2 is 1.77 bits per heavy atom. The molecule has 0 atom stereocenters. The minimum Gasteiger partial charge on any atom is -0.357 e. The first-order chi connectivity index (χ1) is 12.7. The second-order valence-electron chi connectivity index (χ2n) is 5.98. The predicted octanol–water partition coefficient (Wildman–Crippen LogP) is 1.55. The lowest BCUT2D eigenvalue weighted by Gasteiger charge is -2.36. The van der Waals surface area contributed by atoms with E-state index in [-0.39, 0.29) is 17.0 Å². The third-order valence-corrected chi connectivity index (χ3v) is 4.74. The highest BCUT2D eigenvalue weighted by atomic mass is 32.1. The summed E-state index contributed by atoms with van der Waals surface area (Å²) in [7, 11) is 0. The molecule has 6 nitrogen and oxygen atoms in total. The number of rotatable bonds is 2. The lowest BCUT2D eigenvalue weighted by molar-refractivity contribution is -0.126. The first kappa shape index (κ1) is 16.4. The number of nitrogens with one attached hydrogen (secondary N) is 4. The minimum atomic E-state index is -1.01. The van der Waals surface area contributed by atoms with Crippen molar-refractivity contribution in [2.75, 3.05) is 6.54 Å². The number of benzene rings is 2. The Labute approximate surface area is 156 Å². The fourth-order valence-corrected chi connectivity index (χ4v) is 3.59. The van der Waals surface area contributed by atoms with Crippen molar-refractivity contribution >= 4 is 29.2 Å². The van der Waals surface area contributed by atoms with Gasteiger partial charge in [0.25, 0.3) is 5.91 Å². The molecule has 130 valence electrons. The van der Waals surface area contributed by atoms with Crippen LogP contribution in [0.1, 0.15) is 11.1 Å². The van der Waals surface area contributed by atoms with Gasteiger partial charge in [-0.15, -0.1) is 6.58 Å². The monoisotopic (exact) mass is 363 g/mol. The second kappa shape index (κ2) is 6.36. The van der Waals surface area contributed by atoms with Crippen LogP contribution in [0.25, 0.3) is 11.1 Å². The van der Waals surface area contributed by atoms with E-state index in [4.69, 9.17) is 12.2 Å². The van der Waals surface area contributed by atoms with E-state index >= 15 is 0 Å². The number of hydrogen-bond acceptors (Lipinski definition) is 3. The number of nitrogens with zero attached hydrogens (tertiary/aromatic N) is 1. The van der Waals surface area contributed by atoms with Gasteiger partial charge in [0.2, 0.25) is 5.96 Å². The van der Waals surface area contributed by atoms with Crippen LogP contribution in [0.3, 0.4) is 0 Å². The van der Waals surface area contributed by atoms with Gasteiger partial charge in [-0.1, -0.05) is 54.6 Å². The maximum Gasteiger partial charge on any atom is 0.258 e. The van der Waals surface area contributed by atoms with E-state index in [1.807, 2.05) is 48.5 Å². The fourth-order valence-electron chi connectivity index (χ4n) is 3.41. The van der Waals surface area contributed by atoms with Gasteiger partial charge in [-0.2, -0.15) is 4.99 Å². The van der Waals surface area contributed by atoms with Gasteiger partial charge < -0.3 is 5.32 Å². The molecule has 1 fully saturated rings. The van der Waals surface area contributed by atoms with E-state index in [0.717, 1.165) is 22.3 Å². The average molecular weight is 363 g/mol. The van der Waals surface area contributed by atoms with Crippen molar-refractivity contribution in [2.45, 2.75) is 5.54 Å². The molecule has 0 aromatic heterocycles. The minimum absolute atomic E-state index is 0.209. The van der Waals surface area contributed by atoms with Crippen molar-refractivity contribution in [1.82, 2.24) is 21.5 Å². The van der Waals surface area contributed by atoms with E-state index < -0.39 is 5.54 Å². The highest BCUT2D eigenvalue weighted by Gasteiger charge is 2.51. The smallest absolute Gasteiger partial charge is 0.258 e. The largest absolute Gasteiger partial charge is 0.357 e. The molecule has 0 saturated carbocycles. The Kier molecular flexibility index (Phi) is 4.02. The second-order valence-corrected chi connectivity index (χ2v) is 6.37. The molecule has 1 amide bonds. The van der Waals surface area contributed by atoms with Crippen molar-refractivity contribution in [3.63, 3.8) is 0 Å². The summed E-state index contributed by atoms with van der Waals surface area (Å²) in [6.07, 6.45) is 1.68. The molecule has 4 N–H and O–H groups in total. The Bertz CT molecular complexity index is 907. The van der Waals surface area contributed by atoms with Crippen LogP contribution in [-0.4, -0.2) is 23.5 Å². The molecule has 1 aliphatic carbocycles. The number of amides is 1. The fraction of sp³-hybridized carbons (Fsp3) is 0.105. The van der Waals surface area contributed by atoms with Crippen molar-refractivity contribution in [1.29, 1.82) is 0 Å². The summed E-state index contributed by atoms with van der Waals surface area (Å²) in [5.74, 6) is 0.0444. The molecular weight excluding hydrogens is 346 g/mol. The van der Waals surface area contributed by atoms with Crippen molar-refractivity contribution in [3.8, 4) is 11.1 Å².